The van der Waals surface area contributed by atoms with Gasteiger partial charge < -0.3 is 15.5 Å². The largest absolute Gasteiger partial charge is 0.370 e. The highest BCUT2D eigenvalue weighted by Gasteiger charge is 2.17. The Labute approximate surface area is 127 Å². The number of carbonyl (C=O) groups is 1. The highest BCUT2D eigenvalue weighted by Crippen LogP contribution is 2.14. The first-order valence-electron chi connectivity index (χ1n) is 6.33. The molecule has 1 aliphatic rings. The van der Waals surface area contributed by atoms with E-state index in [2.05, 4.69) is 16.8 Å². The fourth-order valence-corrected chi connectivity index (χ4v) is 1.94. The number of hydrogen-bond donors (Lipinski definition) is 1. The van der Waals surface area contributed by atoms with Gasteiger partial charge in [-0.25, -0.2) is 4.99 Å². The van der Waals surface area contributed by atoms with Crippen LogP contribution in [0.5, 0.6) is 0 Å². The van der Waals surface area contributed by atoms with Gasteiger partial charge in [-0.15, -0.1) is 24.0 Å². The predicted molar refractivity (Wildman–Crippen MR) is 85.2 cm³/mol. The number of likely N-dealkylation sites (N-methyl/N-ethyl adjacent to an activating group) is 1. The van der Waals surface area contributed by atoms with E-state index in [1.54, 1.807) is 11.9 Å². The third kappa shape index (κ3) is 5.41. The summed E-state index contributed by atoms with van der Waals surface area (Å²) >= 11 is 0. The van der Waals surface area contributed by atoms with Gasteiger partial charge in [0.15, 0.2) is 5.96 Å². The minimum Gasteiger partial charge on any atom is -0.370 e. The molecule has 2 N–H and O–H groups in total. The smallest absolute Gasteiger partial charge is 0.244 e. The molecule has 0 saturated carbocycles. The zero-order valence-corrected chi connectivity index (χ0v) is 13.9. The lowest BCUT2D eigenvalue weighted by Crippen LogP contribution is -2.44. The van der Waals surface area contributed by atoms with E-state index in [-0.39, 0.29) is 36.4 Å². The number of hydrogen-bond acceptors (Lipinski definition) is 2. The molecule has 0 radical (unpaired) electrons. The fraction of sp³-hybridized carbons (Fsp3) is 0.833. The van der Waals surface area contributed by atoms with Gasteiger partial charge in [0.1, 0.15) is 6.54 Å². The minimum atomic E-state index is 0. The molecule has 0 spiro atoms. The quantitative estimate of drug-likeness (QED) is 0.462. The highest BCUT2D eigenvalue weighted by molar-refractivity contribution is 14.0. The Kier molecular flexibility index (Phi) is 8.30. The molecular weight excluding hydrogens is 343 g/mol. The Hall–Kier alpha value is -0.530. The topological polar surface area (TPSA) is 61.9 Å². The average molecular weight is 368 g/mol. The van der Waals surface area contributed by atoms with Gasteiger partial charge >= 0.3 is 0 Å². The first kappa shape index (κ1) is 17.5. The van der Waals surface area contributed by atoms with Crippen molar-refractivity contribution in [3.8, 4) is 0 Å². The van der Waals surface area contributed by atoms with Crippen molar-refractivity contribution in [2.75, 3.05) is 33.2 Å². The van der Waals surface area contributed by atoms with Gasteiger partial charge in [-0.1, -0.05) is 6.92 Å². The molecule has 1 saturated heterocycles. The summed E-state index contributed by atoms with van der Waals surface area (Å²) in [5, 5.41) is 0. The third-order valence-corrected chi connectivity index (χ3v) is 3.26. The van der Waals surface area contributed by atoms with Gasteiger partial charge in [0.25, 0.3) is 0 Å². The third-order valence-electron chi connectivity index (χ3n) is 3.26. The molecule has 5 nitrogen and oxygen atoms in total. The van der Waals surface area contributed by atoms with Crippen LogP contribution in [0.25, 0.3) is 0 Å². The molecule has 0 aromatic rings. The zero-order valence-electron chi connectivity index (χ0n) is 11.6. The molecule has 1 rings (SSSR count). The maximum absolute atomic E-state index is 11.6. The Morgan fingerprint density at radius 2 is 2.22 bits per heavy atom. The van der Waals surface area contributed by atoms with Crippen molar-refractivity contribution in [2.45, 2.75) is 26.7 Å². The molecular formula is C12H25IN4O. The van der Waals surface area contributed by atoms with Gasteiger partial charge in [-0.3, -0.25) is 4.79 Å². The lowest BCUT2D eigenvalue weighted by molar-refractivity contribution is -0.128. The first-order chi connectivity index (χ1) is 8.04. The summed E-state index contributed by atoms with van der Waals surface area (Å²) < 4.78 is 0. The summed E-state index contributed by atoms with van der Waals surface area (Å²) in [4.78, 5) is 19.5. The summed E-state index contributed by atoms with van der Waals surface area (Å²) in [6.45, 7) is 6.92. The number of amides is 1. The molecule has 1 heterocycles. The predicted octanol–water partition coefficient (Wildman–Crippen LogP) is 1.13. The van der Waals surface area contributed by atoms with Crippen molar-refractivity contribution in [3.63, 3.8) is 0 Å². The fourth-order valence-electron chi connectivity index (χ4n) is 1.94. The molecule has 6 heteroatoms. The van der Waals surface area contributed by atoms with Crippen LogP contribution in [0.2, 0.25) is 0 Å². The highest BCUT2D eigenvalue weighted by atomic mass is 127. The van der Waals surface area contributed by atoms with Crippen LogP contribution >= 0.6 is 24.0 Å². The van der Waals surface area contributed by atoms with Gasteiger partial charge in [-0.05, 0) is 25.7 Å². The van der Waals surface area contributed by atoms with Crippen LogP contribution in [0.4, 0.5) is 0 Å². The van der Waals surface area contributed by atoms with Gasteiger partial charge in [0.05, 0.1) is 0 Å². The van der Waals surface area contributed by atoms with E-state index in [1.807, 2.05) is 6.92 Å². The number of nitrogens with zero attached hydrogens (tertiary/aromatic N) is 3. The first-order valence-corrected chi connectivity index (χ1v) is 6.33. The summed E-state index contributed by atoms with van der Waals surface area (Å²) in [6, 6.07) is 0. The number of piperidine rings is 1. The van der Waals surface area contributed by atoms with E-state index < -0.39 is 0 Å². The average Bonchev–Trinajstić information content (AvgIpc) is 2.34. The molecule has 106 valence electrons. The molecule has 1 aliphatic heterocycles. The molecule has 1 amide bonds. The number of likely N-dealkylation sites (tertiary alicyclic amines) is 1. The normalized spacial score (nSPS) is 20.3. The number of guanidine groups is 1. The maximum Gasteiger partial charge on any atom is 0.244 e. The standard InChI is InChI=1S/C12H24N4O.HI/c1-4-15(3)11(17)8-14-12(13)16-7-5-6-10(2)9-16;/h10H,4-9H2,1-3H3,(H2,13,14);1H. The van der Waals surface area contributed by atoms with Gasteiger partial charge in [0.2, 0.25) is 5.91 Å². The Balaban J connectivity index is 0.00000289. The van der Waals surface area contributed by atoms with E-state index >= 15 is 0 Å². The molecule has 0 aliphatic carbocycles. The minimum absolute atomic E-state index is 0. The maximum atomic E-state index is 11.6. The SMILES string of the molecule is CCN(C)C(=O)CN=C(N)N1CCCC(C)C1.I. The summed E-state index contributed by atoms with van der Waals surface area (Å²) in [5.41, 5.74) is 5.91. The number of halogens is 1. The van der Waals surface area contributed by atoms with Crippen molar-refractivity contribution < 1.29 is 4.79 Å². The van der Waals surface area contributed by atoms with Crippen molar-refractivity contribution in [1.29, 1.82) is 0 Å². The second kappa shape index (κ2) is 8.55. The van der Waals surface area contributed by atoms with Crippen LogP contribution in [0.15, 0.2) is 4.99 Å². The van der Waals surface area contributed by atoms with E-state index in [1.165, 1.54) is 6.42 Å². The molecule has 1 atom stereocenters. The van der Waals surface area contributed by atoms with Crippen molar-refractivity contribution in [3.05, 3.63) is 0 Å². The number of nitrogens with two attached hydrogens (primary N) is 1. The Bertz CT molecular complexity index is 296. The number of rotatable bonds is 3. The molecule has 0 bridgehead atoms. The Morgan fingerprint density at radius 3 is 2.78 bits per heavy atom. The summed E-state index contributed by atoms with van der Waals surface area (Å²) in [7, 11) is 1.77. The van der Waals surface area contributed by atoms with Crippen molar-refractivity contribution >= 4 is 35.8 Å². The summed E-state index contributed by atoms with van der Waals surface area (Å²) in [5.74, 6) is 1.18. The monoisotopic (exact) mass is 368 g/mol. The van der Waals surface area contributed by atoms with E-state index in [9.17, 15) is 4.79 Å². The van der Waals surface area contributed by atoms with E-state index in [0.717, 1.165) is 19.5 Å². The Morgan fingerprint density at radius 1 is 1.56 bits per heavy atom. The molecule has 1 fully saturated rings. The van der Waals surface area contributed by atoms with Crippen LogP contribution in [-0.2, 0) is 4.79 Å². The lowest BCUT2D eigenvalue weighted by atomic mass is 10.0. The molecule has 1 unspecified atom stereocenters. The molecule has 18 heavy (non-hydrogen) atoms. The van der Waals surface area contributed by atoms with Crippen LogP contribution in [-0.4, -0.2) is 54.9 Å². The summed E-state index contributed by atoms with van der Waals surface area (Å²) in [6.07, 6.45) is 2.40. The van der Waals surface area contributed by atoms with E-state index in [4.69, 9.17) is 5.73 Å². The van der Waals surface area contributed by atoms with Gasteiger partial charge in [0, 0.05) is 26.7 Å². The molecule has 0 aromatic heterocycles. The second-order valence-electron chi connectivity index (χ2n) is 4.78. The zero-order chi connectivity index (χ0) is 12.8. The molecule has 0 aromatic carbocycles. The van der Waals surface area contributed by atoms with Crippen LogP contribution in [0, 0.1) is 5.92 Å². The number of aliphatic imine (C=N–C) groups is 1. The van der Waals surface area contributed by atoms with Crippen molar-refractivity contribution in [2.24, 2.45) is 16.6 Å². The van der Waals surface area contributed by atoms with E-state index in [0.29, 0.717) is 18.4 Å². The van der Waals surface area contributed by atoms with Crippen LogP contribution in [0.1, 0.15) is 26.7 Å². The number of carbonyl (C=O) groups excluding carboxylic acids is 1. The van der Waals surface area contributed by atoms with Crippen LogP contribution in [0.3, 0.4) is 0 Å². The second-order valence-corrected chi connectivity index (χ2v) is 4.78. The van der Waals surface area contributed by atoms with Crippen LogP contribution < -0.4 is 5.73 Å². The van der Waals surface area contributed by atoms with Gasteiger partial charge in [-0.2, -0.15) is 0 Å². The lowest BCUT2D eigenvalue weighted by Gasteiger charge is -2.31. The van der Waals surface area contributed by atoms with Crippen molar-refractivity contribution in [1.82, 2.24) is 9.80 Å².